The molecule has 10 heavy (non-hydrogen) atoms. The molecule has 0 bridgehead atoms. The summed E-state index contributed by atoms with van der Waals surface area (Å²) in [4.78, 5) is 0. The monoisotopic (exact) mass is 146 g/mol. The fourth-order valence-electron chi connectivity index (χ4n) is 1.21. The second-order valence-corrected chi connectivity index (χ2v) is 2.73. The van der Waals surface area contributed by atoms with Crippen LogP contribution in [0.4, 0.5) is 0 Å². The molecule has 2 aliphatic heterocycles. The molecule has 4 unspecified atom stereocenters. The van der Waals surface area contributed by atoms with Crippen LogP contribution in [0.25, 0.3) is 0 Å². The van der Waals surface area contributed by atoms with Crippen molar-refractivity contribution in [1.82, 2.24) is 0 Å². The fraction of sp³-hybridized carbons (Fsp3) is 1.00. The van der Waals surface area contributed by atoms with E-state index in [1.165, 1.54) is 0 Å². The minimum Gasteiger partial charge on any atom is -0.388 e. The molecule has 0 spiro atoms. The topological polar surface area (TPSA) is 58.9 Å². The zero-order valence-corrected chi connectivity index (χ0v) is 5.43. The summed E-state index contributed by atoms with van der Waals surface area (Å²) >= 11 is 0. The molecule has 0 radical (unpaired) electrons. The SMILES string of the molecule is OC1COC1C1OCC1O. The molecule has 2 N–H and O–H groups in total. The third-order valence-corrected chi connectivity index (χ3v) is 2.00. The van der Waals surface area contributed by atoms with E-state index in [0.717, 1.165) is 0 Å². The van der Waals surface area contributed by atoms with Gasteiger partial charge in [-0.15, -0.1) is 0 Å². The Labute approximate surface area is 58.4 Å². The van der Waals surface area contributed by atoms with Gasteiger partial charge in [-0.1, -0.05) is 0 Å². The van der Waals surface area contributed by atoms with E-state index < -0.39 is 12.2 Å². The number of aliphatic hydroxyl groups is 2. The summed E-state index contributed by atoms with van der Waals surface area (Å²) in [5.41, 5.74) is 0. The van der Waals surface area contributed by atoms with E-state index in [-0.39, 0.29) is 12.2 Å². The molecule has 58 valence electrons. The lowest BCUT2D eigenvalue weighted by atomic mass is 9.96. The highest BCUT2D eigenvalue weighted by molar-refractivity contribution is 4.93. The Kier molecular flexibility index (Phi) is 1.42. The second kappa shape index (κ2) is 2.17. The van der Waals surface area contributed by atoms with Crippen LogP contribution in [0.2, 0.25) is 0 Å². The highest BCUT2D eigenvalue weighted by atomic mass is 16.6. The van der Waals surface area contributed by atoms with Gasteiger partial charge in [-0.3, -0.25) is 0 Å². The third kappa shape index (κ3) is 0.769. The average molecular weight is 146 g/mol. The normalized spacial score (nSPS) is 53.4. The Balaban J connectivity index is 1.87. The van der Waals surface area contributed by atoms with Crippen molar-refractivity contribution in [3.05, 3.63) is 0 Å². The molecule has 0 aliphatic carbocycles. The van der Waals surface area contributed by atoms with Crippen molar-refractivity contribution in [2.45, 2.75) is 24.4 Å². The first-order chi connectivity index (χ1) is 4.79. The third-order valence-electron chi connectivity index (χ3n) is 2.00. The van der Waals surface area contributed by atoms with Crippen LogP contribution in [0.15, 0.2) is 0 Å². The van der Waals surface area contributed by atoms with Crippen molar-refractivity contribution in [1.29, 1.82) is 0 Å². The van der Waals surface area contributed by atoms with Crippen LogP contribution in [0.1, 0.15) is 0 Å². The quantitative estimate of drug-likeness (QED) is 0.473. The Morgan fingerprint density at radius 2 is 1.30 bits per heavy atom. The first kappa shape index (κ1) is 6.54. The Morgan fingerprint density at radius 3 is 1.40 bits per heavy atom. The predicted molar refractivity (Wildman–Crippen MR) is 31.5 cm³/mol. The van der Waals surface area contributed by atoms with Crippen LogP contribution in [0.3, 0.4) is 0 Å². The summed E-state index contributed by atoms with van der Waals surface area (Å²) in [7, 11) is 0. The number of aliphatic hydroxyl groups excluding tert-OH is 2. The van der Waals surface area contributed by atoms with E-state index >= 15 is 0 Å². The first-order valence-electron chi connectivity index (χ1n) is 3.38. The maximum absolute atomic E-state index is 9.04. The molecule has 2 rings (SSSR count). The zero-order valence-electron chi connectivity index (χ0n) is 5.43. The highest BCUT2D eigenvalue weighted by Gasteiger charge is 2.46. The van der Waals surface area contributed by atoms with Crippen molar-refractivity contribution >= 4 is 0 Å². The maximum Gasteiger partial charge on any atom is 0.114 e. The van der Waals surface area contributed by atoms with Gasteiger partial charge in [0.05, 0.1) is 13.2 Å². The van der Waals surface area contributed by atoms with E-state index in [4.69, 9.17) is 19.7 Å². The molecule has 0 saturated carbocycles. The van der Waals surface area contributed by atoms with Gasteiger partial charge in [0.25, 0.3) is 0 Å². The molecule has 0 aromatic heterocycles. The molecule has 4 atom stereocenters. The molecule has 2 saturated heterocycles. The van der Waals surface area contributed by atoms with Crippen LogP contribution < -0.4 is 0 Å². The summed E-state index contributed by atoms with van der Waals surface area (Å²) < 4.78 is 9.96. The van der Waals surface area contributed by atoms with Gasteiger partial charge < -0.3 is 19.7 Å². The van der Waals surface area contributed by atoms with Crippen LogP contribution in [0, 0.1) is 0 Å². The smallest absolute Gasteiger partial charge is 0.114 e. The maximum atomic E-state index is 9.04. The number of hydrogen-bond donors (Lipinski definition) is 2. The Morgan fingerprint density at radius 1 is 0.900 bits per heavy atom. The van der Waals surface area contributed by atoms with Crippen molar-refractivity contribution in [2.75, 3.05) is 13.2 Å². The Bertz CT molecular complexity index is 122. The molecule has 0 aromatic carbocycles. The van der Waals surface area contributed by atoms with Gasteiger partial charge in [0, 0.05) is 0 Å². The van der Waals surface area contributed by atoms with Crippen molar-refractivity contribution in [3.8, 4) is 0 Å². The predicted octanol–water partition coefficient (Wildman–Crippen LogP) is -1.49. The lowest BCUT2D eigenvalue weighted by Crippen LogP contribution is -2.62. The van der Waals surface area contributed by atoms with Gasteiger partial charge in [-0.25, -0.2) is 0 Å². The van der Waals surface area contributed by atoms with Crippen LogP contribution >= 0.6 is 0 Å². The van der Waals surface area contributed by atoms with E-state index in [9.17, 15) is 0 Å². The van der Waals surface area contributed by atoms with Gasteiger partial charge in [0.15, 0.2) is 0 Å². The average Bonchev–Trinajstić information content (AvgIpc) is 1.93. The zero-order chi connectivity index (χ0) is 7.14. The lowest BCUT2D eigenvalue weighted by molar-refractivity contribution is -0.278. The fourth-order valence-corrected chi connectivity index (χ4v) is 1.21. The lowest BCUT2D eigenvalue weighted by Gasteiger charge is -2.45. The van der Waals surface area contributed by atoms with Gasteiger partial charge >= 0.3 is 0 Å². The summed E-state index contributed by atoms with van der Waals surface area (Å²) in [6, 6.07) is 0. The van der Waals surface area contributed by atoms with Crippen molar-refractivity contribution in [3.63, 3.8) is 0 Å². The highest BCUT2D eigenvalue weighted by Crippen LogP contribution is 2.26. The summed E-state index contributed by atoms with van der Waals surface area (Å²) in [6.45, 7) is 0.745. The molecule has 2 heterocycles. The van der Waals surface area contributed by atoms with E-state index in [2.05, 4.69) is 0 Å². The molecule has 4 nitrogen and oxygen atoms in total. The standard InChI is InChI=1S/C6H10O4/c7-3-1-9-5(3)6-4(8)2-10-6/h3-8H,1-2H2. The minimum absolute atomic E-state index is 0.288. The largest absolute Gasteiger partial charge is 0.388 e. The van der Waals surface area contributed by atoms with E-state index in [1.54, 1.807) is 0 Å². The van der Waals surface area contributed by atoms with E-state index in [0.29, 0.717) is 13.2 Å². The summed E-state index contributed by atoms with van der Waals surface area (Å²) in [6.07, 6.45) is -1.47. The molecule has 0 aromatic rings. The second-order valence-electron chi connectivity index (χ2n) is 2.73. The van der Waals surface area contributed by atoms with Crippen molar-refractivity contribution < 1.29 is 19.7 Å². The number of rotatable bonds is 1. The van der Waals surface area contributed by atoms with Crippen LogP contribution in [0.5, 0.6) is 0 Å². The number of hydrogen-bond acceptors (Lipinski definition) is 4. The Hall–Kier alpha value is -0.160. The van der Waals surface area contributed by atoms with E-state index in [1.807, 2.05) is 0 Å². The van der Waals surface area contributed by atoms with Gasteiger partial charge in [-0.2, -0.15) is 0 Å². The molecule has 2 aliphatic rings. The minimum atomic E-state index is -0.444. The molecular formula is C6H10O4. The summed E-state index contributed by atoms with van der Waals surface area (Å²) in [5.74, 6) is 0. The van der Waals surface area contributed by atoms with Crippen molar-refractivity contribution in [2.24, 2.45) is 0 Å². The van der Waals surface area contributed by atoms with Crippen LogP contribution in [-0.4, -0.2) is 47.8 Å². The molecule has 0 amide bonds. The van der Waals surface area contributed by atoms with Gasteiger partial charge in [-0.05, 0) is 0 Å². The number of ether oxygens (including phenoxy) is 2. The molecular weight excluding hydrogens is 136 g/mol. The van der Waals surface area contributed by atoms with Crippen LogP contribution in [-0.2, 0) is 9.47 Å². The van der Waals surface area contributed by atoms with Gasteiger partial charge in [0.1, 0.15) is 24.4 Å². The molecule has 2 fully saturated rings. The summed E-state index contributed by atoms with van der Waals surface area (Å²) in [5, 5.41) is 18.1. The molecule has 4 heteroatoms. The van der Waals surface area contributed by atoms with Gasteiger partial charge in [0.2, 0.25) is 0 Å². The first-order valence-corrected chi connectivity index (χ1v) is 3.38.